The molecule has 0 aromatic heterocycles. The van der Waals surface area contributed by atoms with Gasteiger partial charge in [-0.15, -0.1) is 0 Å². The van der Waals surface area contributed by atoms with Crippen LogP contribution in [-0.4, -0.2) is 62.8 Å². The van der Waals surface area contributed by atoms with Crippen molar-refractivity contribution in [1.29, 1.82) is 0 Å². The lowest BCUT2D eigenvalue weighted by Gasteiger charge is -2.31. The van der Waals surface area contributed by atoms with Gasteiger partial charge in [0.15, 0.2) is 0 Å². The zero-order valence-corrected chi connectivity index (χ0v) is 18.4. The molecule has 2 aliphatic heterocycles. The molecule has 0 spiro atoms. The van der Waals surface area contributed by atoms with Gasteiger partial charge in [0, 0.05) is 25.6 Å². The maximum absolute atomic E-state index is 12.7. The quantitative estimate of drug-likeness (QED) is 0.655. The number of nitrogens with one attached hydrogen (secondary N) is 1. The van der Waals surface area contributed by atoms with Crippen LogP contribution in [0, 0.1) is 11.8 Å². The van der Waals surface area contributed by atoms with Crippen molar-refractivity contribution >= 4 is 15.9 Å². The van der Waals surface area contributed by atoms with Gasteiger partial charge in [-0.2, -0.15) is 4.31 Å². The standard InChI is InChI=1S/C22H35N3O3S/c1-19-9-15-24(16-10-19)14-6-5-13-23-22(26)20-11-17-25(18-12-20)29(27,28)21-7-3-2-4-8-21/h2-4,7-8,19-20H,5-6,9-18H2,1H3,(H,23,26). The zero-order chi connectivity index (χ0) is 20.7. The van der Waals surface area contributed by atoms with Crippen molar-refractivity contribution < 1.29 is 13.2 Å². The Morgan fingerprint density at radius 3 is 2.31 bits per heavy atom. The first-order valence-corrected chi connectivity index (χ1v) is 12.5. The molecule has 2 saturated heterocycles. The smallest absolute Gasteiger partial charge is 0.243 e. The van der Waals surface area contributed by atoms with Gasteiger partial charge in [-0.05, 0) is 76.2 Å². The van der Waals surface area contributed by atoms with Gasteiger partial charge in [-0.3, -0.25) is 4.79 Å². The maximum Gasteiger partial charge on any atom is 0.243 e. The summed E-state index contributed by atoms with van der Waals surface area (Å²) in [7, 11) is -3.45. The Bertz CT molecular complexity index is 738. The molecule has 0 aliphatic carbocycles. The number of rotatable bonds is 8. The summed E-state index contributed by atoms with van der Waals surface area (Å²) in [5.74, 6) is 0.856. The molecule has 0 atom stereocenters. The van der Waals surface area contributed by atoms with Crippen molar-refractivity contribution in [3.63, 3.8) is 0 Å². The van der Waals surface area contributed by atoms with Crippen LogP contribution in [0.5, 0.6) is 0 Å². The summed E-state index contributed by atoms with van der Waals surface area (Å²) in [6.45, 7) is 7.39. The van der Waals surface area contributed by atoms with Gasteiger partial charge in [0.25, 0.3) is 0 Å². The minimum absolute atomic E-state index is 0.0774. The minimum atomic E-state index is -3.45. The number of unbranched alkanes of at least 4 members (excludes halogenated alkanes) is 1. The Labute approximate surface area is 175 Å². The van der Waals surface area contributed by atoms with Crippen LogP contribution in [0.25, 0.3) is 0 Å². The Morgan fingerprint density at radius 1 is 1.00 bits per heavy atom. The predicted octanol–water partition coefficient (Wildman–Crippen LogP) is 2.72. The van der Waals surface area contributed by atoms with Crippen LogP contribution in [0.3, 0.4) is 0 Å². The van der Waals surface area contributed by atoms with Crippen LogP contribution < -0.4 is 5.32 Å². The molecule has 0 saturated carbocycles. The van der Waals surface area contributed by atoms with E-state index in [9.17, 15) is 13.2 Å². The SMILES string of the molecule is CC1CCN(CCCCNC(=O)C2CCN(S(=O)(=O)c3ccccc3)CC2)CC1. The Hall–Kier alpha value is -1.44. The summed E-state index contributed by atoms with van der Waals surface area (Å²) >= 11 is 0. The highest BCUT2D eigenvalue weighted by atomic mass is 32.2. The first-order chi connectivity index (χ1) is 14.0. The summed E-state index contributed by atoms with van der Waals surface area (Å²) in [5, 5.41) is 3.06. The van der Waals surface area contributed by atoms with E-state index in [1.165, 1.54) is 30.2 Å². The van der Waals surface area contributed by atoms with Gasteiger partial charge >= 0.3 is 0 Å². The second-order valence-corrected chi connectivity index (χ2v) is 10.5. The van der Waals surface area contributed by atoms with Crippen molar-refractivity contribution in [3.8, 4) is 0 Å². The van der Waals surface area contributed by atoms with E-state index in [0.717, 1.165) is 25.3 Å². The van der Waals surface area contributed by atoms with E-state index in [0.29, 0.717) is 37.4 Å². The van der Waals surface area contributed by atoms with Crippen molar-refractivity contribution in [2.75, 3.05) is 39.3 Å². The van der Waals surface area contributed by atoms with E-state index in [4.69, 9.17) is 0 Å². The lowest BCUT2D eigenvalue weighted by atomic mass is 9.97. The van der Waals surface area contributed by atoms with E-state index in [-0.39, 0.29) is 11.8 Å². The number of benzene rings is 1. The fourth-order valence-electron chi connectivity index (χ4n) is 4.20. The van der Waals surface area contributed by atoms with Gasteiger partial charge in [-0.25, -0.2) is 8.42 Å². The molecule has 1 aromatic rings. The van der Waals surface area contributed by atoms with Crippen LogP contribution in [-0.2, 0) is 14.8 Å². The summed E-state index contributed by atoms with van der Waals surface area (Å²) in [5.41, 5.74) is 0. The molecule has 29 heavy (non-hydrogen) atoms. The van der Waals surface area contributed by atoms with E-state index >= 15 is 0 Å². The molecule has 3 rings (SSSR count). The number of hydrogen-bond donors (Lipinski definition) is 1. The van der Waals surface area contributed by atoms with E-state index in [1.807, 2.05) is 6.07 Å². The monoisotopic (exact) mass is 421 g/mol. The van der Waals surface area contributed by atoms with Crippen molar-refractivity contribution in [2.45, 2.75) is 50.3 Å². The summed E-state index contributed by atoms with van der Waals surface area (Å²) in [6.07, 6.45) is 5.89. The number of sulfonamides is 1. The third kappa shape index (κ3) is 6.27. The molecule has 2 aliphatic rings. The molecular formula is C22H35N3O3S. The molecule has 1 aromatic carbocycles. The molecule has 0 unspecified atom stereocenters. The zero-order valence-electron chi connectivity index (χ0n) is 17.6. The molecule has 162 valence electrons. The predicted molar refractivity (Wildman–Crippen MR) is 115 cm³/mol. The van der Waals surface area contributed by atoms with Gasteiger partial charge in [0.2, 0.25) is 15.9 Å². The number of nitrogens with zero attached hydrogens (tertiary/aromatic N) is 2. The molecule has 0 bridgehead atoms. The Balaban J connectivity index is 1.33. The van der Waals surface area contributed by atoms with E-state index in [2.05, 4.69) is 17.1 Å². The topological polar surface area (TPSA) is 69.7 Å². The van der Waals surface area contributed by atoms with Gasteiger partial charge in [0.05, 0.1) is 4.90 Å². The largest absolute Gasteiger partial charge is 0.356 e. The summed E-state index contributed by atoms with van der Waals surface area (Å²) < 4.78 is 26.9. The van der Waals surface area contributed by atoms with Crippen molar-refractivity contribution in [1.82, 2.24) is 14.5 Å². The first kappa shape index (κ1) is 22.2. The van der Waals surface area contributed by atoms with Crippen LogP contribution in [0.15, 0.2) is 35.2 Å². The minimum Gasteiger partial charge on any atom is -0.356 e. The average Bonchev–Trinajstić information content (AvgIpc) is 2.75. The second kappa shape index (κ2) is 10.5. The van der Waals surface area contributed by atoms with Crippen LogP contribution >= 0.6 is 0 Å². The number of hydrogen-bond acceptors (Lipinski definition) is 4. The fourth-order valence-corrected chi connectivity index (χ4v) is 5.69. The van der Waals surface area contributed by atoms with Crippen LogP contribution in [0.2, 0.25) is 0 Å². The molecule has 2 fully saturated rings. The molecule has 1 amide bonds. The van der Waals surface area contributed by atoms with Gasteiger partial charge in [-0.1, -0.05) is 25.1 Å². The number of carbonyl (C=O) groups excluding carboxylic acids is 1. The molecular weight excluding hydrogens is 386 g/mol. The lowest BCUT2D eigenvalue weighted by Crippen LogP contribution is -2.43. The van der Waals surface area contributed by atoms with Crippen LogP contribution in [0.4, 0.5) is 0 Å². The number of likely N-dealkylation sites (tertiary alicyclic amines) is 1. The Kier molecular flexibility index (Phi) is 8.09. The summed E-state index contributed by atoms with van der Waals surface area (Å²) in [6, 6.07) is 8.53. The third-order valence-corrected chi connectivity index (χ3v) is 8.20. The molecule has 1 N–H and O–H groups in total. The van der Waals surface area contributed by atoms with E-state index in [1.54, 1.807) is 24.3 Å². The highest BCUT2D eigenvalue weighted by Crippen LogP contribution is 2.24. The first-order valence-electron chi connectivity index (χ1n) is 11.0. The summed E-state index contributed by atoms with van der Waals surface area (Å²) in [4.78, 5) is 15.3. The number of piperidine rings is 2. The molecule has 0 radical (unpaired) electrons. The fraction of sp³-hybridized carbons (Fsp3) is 0.682. The maximum atomic E-state index is 12.7. The average molecular weight is 422 g/mol. The van der Waals surface area contributed by atoms with Crippen molar-refractivity contribution in [3.05, 3.63) is 30.3 Å². The molecule has 7 heteroatoms. The lowest BCUT2D eigenvalue weighted by molar-refractivity contribution is -0.126. The van der Waals surface area contributed by atoms with Gasteiger partial charge < -0.3 is 10.2 Å². The normalized spacial score (nSPS) is 20.6. The number of carbonyl (C=O) groups is 1. The highest BCUT2D eigenvalue weighted by molar-refractivity contribution is 7.89. The Morgan fingerprint density at radius 2 is 1.66 bits per heavy atom. The third-order valence-electron chi connectivity index (χ3n) is 6.28. The highest BCUT2D eigenvalue weighted by Gasteiger charge is 2.31. The van der Waals surface area contributed by atoms with Gasteiger partial charge in [0.1, 0.15) is 0 Å². The molecule has 2 heterocycles. The second-order valence-electron chi connectivity index (χ2n) is 8.51. The van der Waals surface area contributed by atoms with Crippen molar-refractivity contribution in [2.24, 2.45) is 11.8 Å². The van der Waals surface area contributed by atoms with Crippen LogP contribution in [0.1, 0.15) is 45.4 Å². The van der Waals surface area contributed by atoms with E-state index < -0.39 is 10.0 Å². The number of amides is 1. The molecule has 6 nitrogen and oxygen atoms in total.